The fourth-order valence-corrected chi connectivity index (χ4v) is 3.88. The summed E-state index contributed by atoms with van der Waals surface area (Å²) in [4.78, 5) is 16.6. The van der Waals surface area contributed by atoms with Crippen LogP contribution in [-0.2, 0) is 9.53 Å². The summed E-state index contributed by atoms with van der Waals surface area (Å²) in [5, 5.41) is 0.802. The number of ether oxygens (including phenoxy) is 1. The van der Waals surface area contributed by atoms with Crippen molar-refractivity contribution < 1.29 is 9.53 Å². The standard InChI is InChI=1S/C17H23ClN2O2/c1-12-10-13(2)16(14(18)11-12)19-5-7-20(8-6-19)17(21)15-4-3-9-22-15/h10-11,15H,3-9H2,1-2H3. The highest BCUT2D eigenvalue weighted by atomic mass is 35.5. The van der Waals surface area contributed by atoms with Gasteiger partial charge >= 0.3 is 0 Å². The predicted octanol–water partition coefficient (Wildman–Crippen LogP) is 2.78. The molecule has 0 bridgehead atoms. The maximum absolute atomic E-state index is 12.4. The molecular weight excluding hydrogens is 300 g/mol. The molecular formula is C17H23ClN2O2. The smallest absolute Gasteiger partial charge is 0.251 e. The largest absolute Gasteiger partial charge is 0.368 e. The highest BCUT2D eigenvalue weighted by Crippen LogP contribution is 2.31. The van der Waals surface area contributed by atoms with Gasteiger partial charge in [0.1, 0.15) is 6.10 Å². The van der Waals surface area contributed by atoms with Gasteiger partial charge in [-0.15, -0.1) is 0 Å². The SMILES string of the molecule is Cc1cc(C)c(N2CCN(C(=O)C3CCCO3)CC2)c(Cl)c1. The molecule has 1 atom stereocenters. The number of halogens is 1. The molecule has 0 radical (unpaired) electrons. The van der Waals surface area contributed by atoms with E-state index in [1.807, 2.05) is 11.0 Å². The molecule has 0 aliphatic carbocycles. The van der Waals surface area contributed by atoms with Crippen molar-refractivity contribution in [2.45, 2.75) is 32.8 Å². The van der Waals surface area contributed by atoms with E-state index in [-0.39, 0.29) is 12.0 Å². The molecule has 1 amide bonds. The second kappa shape index (κ2) is 6.47. The summed E-state index contributed by atoms with van der Waals surface area (Å²) in [6.45, 7) is 7.99. The molecule has 22 heavy (non-hydrogen) atoms. The number of rotatable bonds is 2. The molecule has 0 saturated carbocycles. The molecule has 2 fully saturated rings. The van der Waals surface area contributed by atoms with Gasteiger partial charge in [-0.2, -0.15) is 0 Å². The number of amides is 1. The Morgan fingerprint density at radius 3 is 2.55 bits per heavy atom. The fourth-order valence-electron chi connectivity index (χ4n) is 3.44. The Morgan fingerprint density at radius 1 is 1.23 bits per heavy atom. The Kier molecular flexibility index (Phi) is 4.59. The average molecular weight is 323 g/mol. The Hall–Kier alpha value is -1.26. The number of anilines is 1. The zero-order valence-electron chi connectivity index (χ0n) is 13.3. The van der Waals surface area contributed by atoms with Gasteiger partial charge in [0.25, 0.3) is 5.91 Å². The quantitative estimate of drug-likeness (QED) is 0.839. The van der Waals surface area contributed by atoms with Gasteiger partial charge < -0.3 is 14.5 Å². The highest BCUT2D eigenvalue weighted by Gasteiger charge is 2.30. The van der Waals surface area contributed by atoms with E-state index in [0.29, 0.717) is 6.61 Å². The van der Waals surface area contributed by atoms with Gasteiger partial charge in [0, 0.05) is 32.8 Å². The van der Waals surface area contributed by atoms with Crippen LogP contribution in [-0.4, -0.2) is 49.7 Å². The molecule has 0 N–H and O–H groups in total. The molecule has 5 heteroatoms. The first-order valence-electron chi connectivity index (χ1n) is 7.98. The van der Waals surface area contributed by atoms with Crippen LogP contribution in [0.15, 0.2) is 12.1 Å². The van der Waals surface area contributed by atoms with Crippen molar-refractivity contribution in [1.29, 1.82) is 0 Å². The first-order valence-corrected chi connectivity index (χ1v) is 8.36. The van der Waals surface area contributed by atoms with Crippen molar-refractivity contribution in [2.75, 3.05) is 37.7 Å². The molecule has 2 aliphatic heterocycles. The predicted molar refractivity (Wildman–Crippen MR) is 88.7 cm³/mol. The third kappa shape index (κ3) is 3.08. The topological polar surface area (TPSA) is 32.8 Å². The lowest BCUT2D eigenvalue weighted by Crippen LogP contribution is -2.51. The zero-order valence-corrected chi connectivity index (χ0v) is 14.0. The van der Waals surface area contributed by atoms with Crippen molar-refractivity contribution in [1.82, 2.24) is 4.90 Å². The van der Waals surface area contributed by atoms with Crippen LogP contribution >= 0.6 is 11.6 Å². The Balaban J connectivity index is 1.65. The Labute approximate surface area is 137 Å². The van der Waals surface area contributed by atoms with Gasteiger partial charge in [-0.05, 0) is 43.9 Å². The van der Waals surface area contributed by atoms with E-state index < -0.39 is 0 Å². The number of aryl methyl sites for hydroxylation is 2. The molecule has 2 aliphatic rings. The van der Waals surface area contributed by atoms with Crippen molar-refractivity contribution in [2.24, 2.45) is 0 Å². The summed E-state index contributed by atoms with van der Waals surface area (Å²) >= 11 is 6.43. The van der Waals surface area contributed by atoms with Crippen LogP contribution in [0.2, 0.25) is 5.02 Å². The molecule has 3 rings (SSSR count). The van der Waals surface area contributed by atoms with Crippen LogP contribution in [0.1, 0.15) is 24.0 Å². The second-order valence-corrected chi connectivity index (χ2v) is 6.63. The van der Waals surface area contributed by atoms with Gasteiger partial charge in [0.2, 0.25) is 0 Å². The lowest BCUT2D eigenvalue weighted by molar-refractivity contribution is -0.141. The molecule has 1 aromatic rings. The first kappa shape index (κ1) is 15.6. The summed E-state index contributed by atoms with van der Waals surface area (Å²) in [7, 11) is 0. The summed E-state index contributed by atoms with van der Waals surface area (Å²) < 4.78 is 5.50. The van der Waals surface area contributed by atoms with Crippen LogP contribution in [0.25, 0.3) is 0 Å². The van der Waals surface area contributed by atoms with Crippen molar-refractivity contribution in [3.05, 3.63) is 28.3 Å². The van der Waals surface area contributed by atoms with Crippen LogP contribution in [0, 0.1) is 13.8 Å². The summed E-state index contributed by atoms with van der Waals surface area (Å²) in [6, 6.07) is 4.17. The zero-order chi connectivity index (χ0) is 15.7. The molecule has 1 unspecified atom stereocenters. The molecule has 1 aromatic carbocycles. The minimum atomic E-state index is -0.212. The van der Waals surface area contributed by atoms with Crippen LogP contribution in [0.4, 0.5) is 5.69 Å². The first-order chi connectivity index (χ1) is 10.6. The van der Waals surface area contributed by atoms with E-state index in [2.05, 4.69) is 24.8 Å². The number of benzene rings is 1. The number of hydrogen-bond acceptors (Lipinski definition) is 3. The van der Waals surface area contributed by atoms with Gasteiger partial charge in [0.15, 0.2) is 0 Å². The molecule has 2 saturated heterocycles. The third-order valence-corrected chi connectivity index (χ3v) is 4.80. The maximum Gasteiger partial charge on any atom is 0.251 e. The number of carbonyl (C=O) groups excluding carboxylic acids is 1. The minimum Gasteiger partial charge on any atom is -0.368 e. The summed E-state index contributed by atoms with van der Waals surface area (Å²) in [5.74, 6) is 0.156. The number of piperazine rings is 1. The van der Waals surface area contributed by atoms with Crippen molar-refractivity contribution in [3.8, 4) is 0 Å². The van der Waals surface area contributed by atoms with E-state index in [4.69, 9.17) is 16.3 Å². The van der Waals surface area contributed by atoms with E-state index in [1.54, 1.807) is 0 Å². The lowest BCUT2D eigenvalue weighted by atomic mass is 10.1. The molecule has 2 heterocycles. The van der Waals surface area contributed by atoms with E-state index in [0.717, 1.165) is 49.7 Å². The highest BCUT2D eigenvalue weighted by molar-refractivity contribution is 6.33. The summed E-state index contributed by atoms with van der Waals surface area (Å²) in [5.41, 5.74) is 3.49. The average Bonchev–Trinajstić information content (AvgIpc) is 3.00. The Bertz CT molecular complexity index is 539. The normalized spacial score (nSPS) is 22.2. The van der Waals surface area contributed by atoms with Gasteiger partial charge in [-0.1, -0.05) is 17.7 Å². The Morgan fingerprint density at radius 2 is 1.95 bits per heavy atom. The van der Waals surface area contributed by atoms with Crippen molar-refractivity contribution >= 4 is 23.2 Å². The monoisotopic (exact) mass is 322 g/mol. The van der Waals surface area contributed by atoms with Gasteiger partial charge in [0.05, 0.1) is 10.7 Å². The lowest BCUT2D eigenvalue weighted by Gasteiger charge is -2.38. The van der Waals surface area contributed by atoms with Crippen LogP contribution in [0.3, 0.4) is 0 Å². The molecule has 120 valence electrons. The van der Waals surface area contributed by atoms with Crippen LogP contribution < -0.4 is 4.90 Å². The number of nitrogens with zero attached hydrogens (tertiary/aromatic N) is 2. The molecule has 0 aromatic heterocycles. The van der Waals surface area contributed by atoms with Gasteiger partial charge in [-0.3, -0.25) is 4.79 Å². The maximum atomic E-state index is 12.4. The third-order valence-electron chi connectivity index (χ3n) is 4.51. The van der Waals surface area contributed by atoms with E-state index >= 15 is 0 Å². The van der Waals surface area contributed by atoms with Gasteiger partial charge in [-0.25, -0.2) is 0 Å². The summed E-state index contributed by atoms with van der Waals surface area (Å²) in [6.07, 6.45) is 1.65. The van der Waals surface area contributed by atoms with E-state index in [1.165, 1.54) is 11.1 Å². The fraction of sp³-hybridized carbons (Fsp3) is 0.588. The second-order valence-electron chi connectivity index (χ2n) is 6.23. The number of hydrogen-bond donors (Lipinski definition) is 0. The molecule has 4 nitrogen and oxygen atoms in total. The van der Waals surface area contributed by atoms with Crippen LogP contribution in [0.5, 0.6) is 0 Å². The number of carbonyl (C=O) groups is 1. The molecule has 0 spiro atoms. The minimum absolute atomic E-state index is 0.156. The van der Waals surface area contributed by atoms with E-state index in [9.17, 15) is 4.79 Å². The van der Waals surface area contributed by atoms with Crippen molar-refractivity contribution in [3.63, 3.8) is 0 Å².